The zero-order valence-corrected chi connectivity index (χ0v) is 7.78. The van der Waals surface area contributed by atoms with Crippen molar-refractivity contribution in [3.05, 3.63) is 41.7 Å². The molecule has 2 atom stereocenters. The topological polar surface area (TPSA) is 59.1 Å². The van der Waals surface area contributed by atoms with Gasteiger partial charge in [0.15, 0.2) is 0 Å². The van der Waals surface area contributed by atoms with Gasteiger partial charge in [0.2, 0.25) is 0 Å². The van der Waals surface area contributed by atoms with Crippen molar-refractivity contribution >= 4 is 11.6 Å². The molecule has 3 nitrogen and oxygen atoms in total. The number of nitrogens with two attached hydrogens (primary N) is 1. The summed E-state index contributed by atoms with van der Waals surface area (Å²) in [7, 11) is 0. The third-order valence-corrected chi connectivity index (χ3v) is 1.93. The van der Waals surface area contributed by atoms with E-state index in [1.54, 1.807) is 18.3 Å². The molecule has 1 aromatic rings. The Morgan fingerprint density at radius 2 is 2.38 bits per heavy atom. The molecule has 4 heteroatoms. The standard InChI is InChI=1S/C9H11ClN2O/c1-2-8(13)9(11)7-5-6(10)3-4-12-7/h2-5,8-9,13H,1,11H2/t8?,9-/m0/s1. The number of aliphatic hydroxyl groups excluding tert-OH is 1. The first kappa shape index (κ1) is 10.2. The Morgan fingerprint density at radius 3 is 2.92 bits per heavy atom. The lowest BCUT2D eigenvalue weighted by Crippen LogP contribution is -2.24. The fourth-order valence-corrected chi connectivity index (χ4v) is 1.09. The van der Waals surface area contributed by atoms with Crippen LogP contribution in [0.3, 0.4) is 0 Å². The highest BCUT2D eigenvalue weighted by molar-refractivity contribution is 6.30. The third-order valence-electron chi connectivity index (χ3n) is 1.69. The molecule has 1 unspecified atom stereocenters. The molecule has 13 heavy (non-hydrogen) atoms. The van der Waals surface area contributed by atoms with E-state index in [1.807, 2.05) is 0 Å². The van der Waals surface area contributed by atoms with Crippen molar-refractivity contribution in [3.8, 4) is 0 Å². The fraction of sp³-hybridized carbons (Fsp3) is 0.222. The second-order valence-corrected chi connectivity index (χ2v) is 3.09. The molecule has 0 amide bonds. The van der Waals surface area contributed by atoms with E-state index in [0.29, 0.717) is 10.7 Å². The van der Waals surface area contributed by atoms with Gasteiger partial charge < -0.3 is 10.8 Å². The molecule has 0 aliphatic rings. The maximum Gasteiger partial charge on any atom is 0.0926 e. The largest absolute Gasteiger partial charge is 0.387 e. The average Bonchev–Trinajstić information content (AvgIpc) is 2.15. The van der Waals surface area contributed by atoms with E-state index >= 15 is 0 Å². The minimum absolute atomic E-state index is 0.553. The van der Waals surface area contributed by atoms with Gasteiger partial charge in [-0.1, -0.05) is 17.7 Å². The second kappa shape index (κ2) is 4.37. The number of aliphatic hydroxyl groups is 1. The minimum Gasteiger partial charge on any atom is -0.387 e. The van der Waals surface area contributed by atoms with Gasteiger partial charge in [-0.05, 0) is 12.1 Å². The second-order valence-electron chi connectivity index (χ2n) is 2.65. The summed E-state index contributed by atoms with van der Waals surface area (Å²) in [6.07, 6.45) is 2.12. The van der Waals surface area contributed by atoms with E-state index in [1.165, 1.54) is 6.08 Å². The van der Waals surface area contributed by atoms with Crippen molar-refractivity contribution in [1.29, 1.82) is 0 Å². The van der Waals surface area contributed by atoms with Crippen molar-refractivity contribution in [2.24, 2.45) is 5.73 Å². The van der Waals surface area contributed by atoms with Crippen molar-refractivity contribution in [2.75, 3.05) is 0 Å². The predicted molar refractivity (Wildman–Crippen MR) is 52.4 cm³/mol. The normalized spacial score (nSPS) is 15.0. The lowest BCUT2D eigenvalue weighted by Gasteiger charge is -2.14. The summed E-state index contributed by atoms with van der Waals surface area (Å²) in [4.78, 5) is 3.99. The number of pyridine rings is 1. The van der Waals surface area contributed by atoms with Crippen LogP contribution in [0.25, 0.3) is 0 Å². The molecule has 3 N–H and O–H groups in total. The number of halogens is 1. The molecule has 0 radical (unpaired) electrons. The molecule has 0 spiro atoms. The van der Waals surface area contributed by atoms with E-state index in [-0.39, 0.29) is 0 Å². The summed E-state index contributed by atoms with van der Waals surface area (Å²) in [6.45, 7) is 3.44. The summed E-state index contributed by atoms with van der Waals surface area (Å²) >= 11 is 5.73. The number of hydrogen-bond acceptors (Lipinski definition) is 3. The first-order chi connectivity index (χ1) is 6.15. The van der Waals surface area contributed by atoms with Crippen LogP contribution in [0, 0.1) is 0 Å². The Labute approximate surface area is 81.9 Å². The lowest BCUT2D eigenvalue weighted by atomic mass is 10.1. The lowest BCUT2D eigenvalue weighted by molar-refractivity contribution is 0.190. The van der Waals surface area contributed by atoms with E-state index in [2.05, 4.69) is 11.6 Å². The van der Waals surface area contributed by atoms with Crippen molar-refractivity contribution in [3.63, 3.8) is 0 Å². The molecule has 1 rings (SSSR count). The minimum atomic E-state index is -0.800. The van der Waals surface area contributed by atoms with Crippen LogP contribution < -0.4 is 5.73 Å². The van der Waals surface area contributed by atoms with Gasteiger partial charge in [-0.2, -0.15) is 0 Å². The SMILES string of the molecule is C=CC(O)[C@@H](N)c1cc(Cl)ccn1. The van der Waals surface area contributed by atoms with Crippen LogP contribution in [0.15, 0.2) is 31.0 Å². The van der Waals surface area contributed by atoms with Crippen molar-refractivity contribution < 1.29 is 5.11 Å². The van der Waals surface area contributed by atoms with Crippen LogP contribution in [-0.4, -0.2) is 16.2 Å². The molecule has 0 fully saturated rings. The van der Waals surface area contributed by atoms with Gasteiger partial charge in [-0.3, -0.25) is 4.98 Å². The number of nitrogens with zero attached hydrogens (tertiary/aromatic N) is 1. The molecule has 0 saturated heterocycles. The van der Waals surface area contributed by atoms with Crippen LogP contribution >= 0.6 is 11.6 Å². The van der Waals surface area contributed by atoms with Gasteiger partial charge >= 0.3 is 0 Å². The zero-order valence-electron chi connectivity index (χ0n) is 7.02. The molecule has 1 heterocycles. The Hall–Kier alpha value is -0.900. The Bertz CT molecular complexity index is 303. The van der Waals surface area contributed by atoms with Gasteiger partial charge in [0.1, 0.15) is 0 Å². The van der Waals surface area contributed by atoms with Gasteiger partial charge in [0.05, 0.1) is 17.8 Å². The Balaban J connectivity index is 2.88. The summed E-state index contributed by atoms with van der Waals surface area (Å²) < 4.78 is 0. The molecule has 1 aromatic heterocycles. The number of hydrogen-bond donors (Lipinski definition) is 2. The summed E-state index contributed by atoms with van der Waals surface area (Å²) in [5, 5.41) is 9.90. The molecule has 0 aromatic carbocycles. The first-order valence-electron chi connectivity index (χ1n) is 3.83. The first-order valence-corrected chi connectivity index (χ1v) is 4.20. The average molecular weight is 199 g/mol. The Morgan fingerprint density at radius 1 is 1.69 bits per heavy atom. The van der Waals surface area contributed by atoms with Crippen LogP contribution in [0.1, 0.15) is 11.7 Å². The van der Waals surface area contributed by atoms with E-state index in [9.17, 15) is 5.11 Å². The molecule has 0 saturated carbocycles. The highest BCUT2D eigenvalue weighted by atomic mass is 35.5. The zero-order chi connectivity index (χ0) is 9.84. The molecular weight excluding hydrogens is 188 g/mol. The quantitative estimate of drug-likeness (QED) is 0.720. The predicted octanol–water partition coefficient (Wildman–Crippen LogP) is 1.28. The van der Waals surface area contributed by atoms with Crippen LogP contribution in [0.2, 0.25) is 5.02 Å². The third kappa shape index (κ3) is 2.52. The van der Waals surface area contributed by atoms with Gasteiger partial charge in [0, 0.05) is 11.2 Å². The molecular formula is C9H11ClN2O. The molecule has 70 valence electrons. The summed E-state index contributed by atoms with van der Waals surface area (Å²) in [6, 6.07) is 2.70. The van der Waals surface area contributed by atoms with E-state index < -0.39 is 12.1 Å². The molecule has 0 bridgehead atoms. The van der Waals surface area contributed by atoms with Crippen molar-refractivity contribution in [2.45, 2.75) is 12.1 Å². The van der Waals surface area contributed by atoms with Gasteiger partial charge in [-0.25, -0.2) is 0 Å². The monoisotopic (exact) mass is 198 g/mol. The molecule has 0 aliphatic heterocycles. The highest BCUT2D eigenvalue weighted by Gasteiger charge is 2.14. The number of rotatable bonds is 3. The highest BCUT2D eigenvalue weighted by Crippen LogP contribution is 2.16. The maximum absolute atomic E-state index is 9.34. The summed E-state index contributed by atoms with van der Waals surface area (Å²) in [5.41, 5.74) is 6.23. The van der Waals surface area contributed by atoms with E-state index in [4.69, 9.17) is 17.3 Å². The van der Waals surface area contributed by atoms with Crippen LogP contribution in [0.5, 0.6) is 0 Å². The van der Waals surface area contributed by atoms with Crippen LogP contribution in [-0.2, 0) is 0 Å². The Kier molecular flexibility index (Phi) is 3.42. The van der Waals surface area contributed by atoms with Gasteiger partial charge in [-0.15, -0.1) is 6.58 Å². The fourth-order valence-electron chi connectivity index (χ4n) is 0.925. The summed E-state index contributed by atoms with van der Waals surface area (Å²) in [5.74, 6) is 0. The number of aromatic nitrogens is 1. The van der Waals surface area contributed by atoms with E-state index in [0.717, 1.165) is 0 Å². The van der Waals surface area contributed by atoms with Crippen LogP contribution in [0.4, 0.5) is 0 Å². The van der Waals surface area contributed by atoms with Crippen molar-refractivity contribution in [1.82, 2.24) is 4.98 Å². The van der Waals surface area contributed by atoms with Gasteiger partial charge in [0.25, 0.3) is 0 Å². The maximum atomic E-state index is 9.34. The smallest absolute Gasteiger partial charge is 0.0926 e. The molecule has 0 aliphatic carbocycles.